The number of nitrogens with zero attached hydrogens (tertiary/aromatic N) is 4. The Hall–Kier alpha value is -4.23. The molecule has 0 amide bonds. The minimum atomic E-state index is 0.00257. The van der Waals surface area contributed by atoms with Crippen LogP contribution in [0.3, 0.4) is 0 Å². The van der Waals surface area contributed by atoms with Crippen molar-refractivity contribution in [3.05, 3.63) is 113 Å². The van der Waals surface area contributed by atoms with E-state index in [2.05, 4.69) is 19.4 Å². The molecule has 0 bridgehead atoms. The molecule has 7 heteroatoms. The van der Waals surface area contributed by atoms with Crippen LogP contribution in [0.5, 0.6) is 5.75 Å². The second-order valence-corrected chi connectivity index (χ2v) is 8.75. The molecule has 3 aromatic heterocycles. The first-order valence-corrected chi connectivity index (χ1v) is 12.0. The van der Waals surface area contributed by atoms with E-state index < -0.39 is 0 Å². The number of hydrogen-bond acceptors (Lipinski definition) is 6. The van der Waals surface area contributed by atoms with Gasteiger partial charge in [-0.05, 0) is 59.5 Å². The van der Waals surface area contributed by atoms with E-state index >= 15 is 0 Å². The first-order valence-electron chi connectivity index (χ1n) is 12.0. The van der Waals surface area contributed by atoms with Crippen molar-refractivity contribution in [3.63, 3.8) is 0 Å². The maximum absolute atomic E-state index is 13.4. The van der Waals surface area contributed by atoms with Crippen LogP contribution >= 0.6 is 0 Å². The van der Waals surface area contributed by atoms with Crippen molar-refractivity contribution in [2.24, 2.45) is 0 Å². The predicted octanol–water partition coefficient (Wildman–Crippen LogP) is 5.15. The summed E-state index contributed by atoms with van der Waals surface area (Å²) in [6, 6.07) is 17.6. The van der Waals surface area contributed by atoms with Gasteiger partial charge in [-0.1, -0.05) is 18.2 Å². The fourth-order valence-corrected chi connectivity index (χ4v) is 4.36. The average Bonchev–Trinajstić information content (AvgIpc) is 3.44. The topological polar surface area (TPSA) is 73.4 Å². The molecule has 2 aromatic carbocycles. The summed E-state index contributed by atoms with van der Waals surface area (Å²) in [6.07, 6.45) is 11.7. The van der Waals surface area contributed by atoms with Crippen LogP contribution in [-0.2, 0) is 19.6 Å². The molecule has 0 aliphatic carbocycles. The number of methoxy groups -OCH3 is 1. The largest absolute Gasteiger partial charge is 0.497 e. The molecule has 0 saturated carbocycles. The van der Waals surface area contributed by atoms with Crippen LogP contribution < -0.4 is 10.2 Å². The number of fused-ring (bicyclic) bond motifs is 1. The molecule has 5 rings (SSSR count). The smallest absolute Gasteiger partial charge is 0.197 e. The van der Waals surface area contributed by atoms with E-state index in [9.17, 15) is 4.79 Å². The molecule has 0 fully saturated rings. The van der Waals surface area contributed by atoms with Gasteiger partial charge in [0.25, 0.3) is 0 Å². The van der Waals surface area contributed by atoms with Crippen molar-refractivity contribution in [1.82, 2.24) is 19.4 Å². The molecule has 0 aliphatic rings. The Morgan fingerprint density at radius 2 is 1.83 bits per heavy atom. The number of aryl methyl sites for hydroxylation is 1. The number of hydrogen-bond donors (Lipinski definition) is 0. The number of aromatic nitrogens is 3. The minimum Gasteiger partial charge on any atom is -0.497 e. The molecule has 7 nitrogen and oxygen atoms in total. The summed E-state index contributed by atoms with van der Waals surface area (Å²) in [7, 11) is 1.65. The van der Waals surface area contributed by atoms with Crippen molar-refractivity contribution in [1.29, 1.82) is 0 Å². The molecule has 5 aromatic rings. The second kappa shape index (κ2) is 11.0. The van der Waals surface area contributed by atoms with Gasteiger partial charge in [-0.15, -0.1) is 0 Å². The van der Waals surface area contributed by atoms with Gasteiger partial charge in [-0.25, -0.2) is 4.98 Å². The average molecular weight is 481 g/mol. The summed E-state index contributed by atoms with van der Waals surface area (Å²) in [4.78, 5) is 23.9. The summed E-state index contributed by atoms with van der Waals surface area (Å²) in [6.45, 7) is 2.92. The van der Waals surface area contributed by atoms with Gasteiger partial charge in [0.1, 0.15) is 11.3 Å². The van der Waals surface area contributed by atoms with Gasteiger partial charge in [-0.3, -0.25) is 14.7 Å². The third kappa shape index (κ3) is 5.53. The Kier molecular flexibility index (Phi) is 7.19. The third-order valence-electron chi connectivity index (χ3n) is 6.25. The van der Waals surface area contributed by atoms with Gasteiger partial charge >= 0.3 is 0 Å². The zero-order chi connectivity index (χ0) is 24.7. The van der Waals surface area contributed by atoms with E-state index in [-0.39, 0.29) is 5.43 Å². The van der Waals surface area contributed by atoms with Crippen LogP contribution in [0, 0.1) is 0 Å². The van der Waals surface area contributed by atoms with Crippen molar-refractivity contribution < 1.29 is 9.15 Å². The monoisotopic (exact) mass is 480 g/mol. The Morgan fingerprint density at radius 3 is 2.64 bits per heavy atom. The van der Waals surface area contributed by atoms with Crippen LogP contribution in [0.15, 0.2) is 101 Å². The quantitative estimate of drug-likeness (QED) is 0.275. The van der Waals surface area contributed by atoms with Crippen LogP contribution in [0.1, 0.15) is 17.5 Å². The lowest BCUT2D eigenvalue weighted by atomic mass is 10.0. The van der Waals surface area contributed by atoms with Crippen LogP contribution in [0.4, 0.5) is 0 Å². The highest BCUT2D eigenvalue weighted by Gasteiger charge is 2.14. The number of benzene rings is 2. The van der Waals surface area contributed by atoms with Crippen LogP contribution in [0.2, 0.25) is 0 Å². The lowest BCUT2D eigenvalue weighted by Crippen LogP contribution is -2.27. The Bertz CT molecular complexity index is 1480. The van der Waals surface area contributed by atoms with E-state index in [1.807, 2.05) is 67.1 Å². The lowest BCUT2D eigenvalue weighted by molar-refractivity contribution is 0.246. The zero-order valence-electron chi connectivity index (χ0n) is 20.2. The normalized spacial score (nSPS) is 11.3. The maximum atomic E-state index is 13.4. The SMILES string of the molecule is COc1cccc(-c2ccc3c(=O)c(CN(CCCn4ccnc4)Cc4ccncc4)coc3c2)c1. The zero-order valence-corrected chi connectivity index (χ0v) is 20.2. The van der Waals surface area contributed by atoms with E-state index in [4.69, 9.17) is 9.15 Å². The number of ether oxygens (including phenoxy) is 1. The molecule has 36 heavy (non-hydrogen) atoms. The molecular formula is C29H28N4O3. The van der Waals surface area contributed by atoms with Gasteiger partial charge in [0.2, 0.25) is 0 Å². The highest BCUT2D eigenvalue weighted by Crippen LogP contribution is 2.26. The number of pyridine rings is 1. The van der Waals surface area contributed by atoms with E-state index in [0.29, 0.717) is 23.1 Å². The Balaban J connectivity index is 1.37. The van der Waals surface area contributed by atoms with E-state index in [0.717, 1.165) is 48.5 Å². The molecule has 0 spiro atoms. The summed E-state index contributed by atoms with van der Waals surface area (Å²) >= 11 is 0. The van der Waals surface area contributed by atoms with Gasteiger partial charge in [0.05, 0.1) is 25.1 Å². The predicted molar refractivity (Wildman–Crippen MR) is 140 cm³/mol. The molecule has 0 N–H and O–H groups in total. The van der Waals surface area contributed by atoms with Gasteiger partial charge in [0.15, 0.2) is 5.43 Å². The fourth-order valence-electron chi connectivity index (χ4n) is 4.36. The first-order chi connectivity index (χ1) is 17.7. The molecule has 0 radical (unpaired) electrons. The summed E-state index contributed by atoms with van der Waals surface area (Å²) in [5.74, 6) is 0.784. The molecule has 0 unspecified atom stereocenters. The molecule has 3 heterocycles. The van der Waals surface area contributed by atoms with Crippen molar-refractivity contribution >= 4 is 11.0 Å². The van der Waals surface area contributed by atoms with Crippen molar-refractivity contribution in [2.45, 2.75) is 26.1 Å². The highest BCUT2D eigenvalue weighted by atomic mass is 16.5. The minimum absolute atomic E-state index is 0.00257. The summed E-state index contributed by atoms with van der Waals surface area (Å²) in [5, 5.41) is 0.585. The number of rotatable bonds is 10. The maximum Gasteiger partial charge on any atom is 0.197 e. The summed E-state index contributed by atoms with van der Waals surface area (Å²) in [5.41, 5.74) is 4.35. The highest BCUT2D eigenvalue weighted by molar-refractivity contribution is 5.83. The van der Waals surface area contributed by atoms with Crippen molar-refractivity contribution in [3.8, 4) is 16.9 Å². The Morgan fingerprint density at radius 1 is 0.972 bits per heavy atom. The standard InChI is InChI=1S/C29H28N4O3/c1-35-26-5-2-4-23(16-26)24-6-7-27-28(17-24)36-20-25(29(27)34)19-33(18-22-8-10-30-11-9-22)14-3-13-32-15-12-31-21-32/h2,4-12,15-17,20-21H,3,13-14,18-19H2,1H3. The fraction of sp³-hybridized carbons (Fsp3) is 0.207. The summed E-state index contributed by atoms with van der Waals surface area (Å²) < 4.78 is 13.4. The molecule has 182 valence electrons. The number of imidazole rings is 1. The third-order valence-corrected chi connectivity index (χ3v) is 6.25. The van der Waals surface area contributed by atoms with Crippen LogP contribution in [0.25, 0.3) is 22.1 Å². The van der Waals surface area contributed by atoms with Gasteiger partial charge in [-0.2, -0.15) is 0 Å². The van der Waals surface area contributed by atoms with E-state index in [1.165, 1.54) is 0 Å². The van der Waals surface area contributed by atoms with Gasteiger partial charge < -0.3 is 13.7 Å². The van der Waals surface area contributed by atoms with Crippen molar-refractivity contribution in [2.75, 3.05) is 13.7 Å². The molecule has 0 aliphatic heterocycles. The Labute approximate surface area is 209 Å². The van der Waals surface area contributed by atoms with E-state index in [1.54, 1.807) is 32.0 Å². The lowest BCUT2D eigenvalue weighted by Gasteiger charge is -2.22. The van der Waals surface area contributed by atoms with Gasteiger partial charge in [0, 0.05) is 56.5 Å². The molecule has 0 saturated heterocycles. The van der Waals surface area contributed by atoms with Crippen LogP contribution in [-0.4, -0.2) is 33.1 Å². The first kappa shape index (κ1) is 23.5. The second-order valence-electron chi connectivity index (χ2n) is 8.75. The molecule has 0 atom stereocenters. The molecular weight excluding hydrogens is 452 g/mol.